The van der Waals surface area contributed by atoms with Crippen LogP contribution in [0.5, 0.6) is 5.75 Å². The normalized spacial score (nSPS) is 11.3. The third kappa shape index (κ3) is 5.62. The minimum atomic E-state index is -0.165. The van der Waals surface area contributed by atoms with Gasteiger partial charge in [-0.25, -0.2) is 0 Å². The predicted molar refractivity (Wildman–Crippen MR) is 108 cm³/mol. The van der Waals surface area contributed by atoms with Gasteiger partial charge in [-0.3, -0.25) is 9.48 Å². The van der Waals surface area contributed by atoms with Crippen LogP contribution >= 0.6 is 0 Å². The molecule has 144 valence electrons. The Morgan fingerprint density at radius 2 is 1.96 bits per heavy atom. The van der Waals surface area contributed by atoms with E-state index in [1.54, 1.807) is 0 Å². The fraction of sp³-hybridized carbons (Fsp3) is 0.455. The van der Waals surface area contributed by atoms with E-state index in [4.69, 9.17) is 11.2 Å². The summed E-state index contributed by atoms with van der Waals surface area (Å²) >= 11 is 0. The number of terminal acetylenes is 1. The molecular formula is C22H29N3O2. The lowest BCUT2D eigenvalue weighted by molar-refractivity contribution is 0.0947. The Labute approximate surface area is 162 Å². The van der Waals surface area contributed by atoms with Gasteiger partial charge in [-0.2, -0.15) is 5.10 Å². The quantitative estimate of drug-likeness (QED) is 0.759. The molecule has 1 heterocycles. The smallest absolute Gasteiger partial charge is 0.271 e. The first kappa shape index (κ1) is 20.6. The van der Waals surface area contributed by atoms with Crippen molar-refractivity contribution in [2.45, 2.75) is 52.5 Å². The molecule has 5 nitrogen and oxygen atoms in total. The molecule has 0 unspecified atom stereocenters. The van der Waals surface area contributed by atoms with E-state index in [1.165, 1.54) is 0 Å². The first-order chi connectivity index (χ1) is 12.7. The van der Waals surface area contributed by atoms with Gasteiger partial charge in [0.15, 0.2) is 0 Å². The molecular weight excluding hydrogens is 338 g/mol. The van der Waals surface area contributed by atoms with Gasteiger partial charge in [-0.05, 0) is 56.9 Å². The lowest BCUT2D eigenvalue weighted by Crippen LogP contribution is -2.28. The highest BCUT2D eigenvalue weighted by Crippen LogP contribution is 2.23. The van der Waals surface area contributed by atoms with Gasteiger partial charge in [0.25, 0.3) is 5.91 Å². The molecule has 1 N–H and O–H groups in total. The highest BCUT2D eigenvalue weighted by molar-refractivity contribution is 5.92. The maximum atomic E-state index is 12.5. The maximum absolute atomic E-state index is 12.5. The topological polar surface area (TPSA) is 56.1 Å². The summed E-state index contributed by atoms with van der Waals surface area (Å²) in [5.74, 6) is 3.34. The standard InChI is InChI=1S/C22H29N3O2/c1-7-14-27-18-10-8-17(9-11-18)12-13-23-21(26)19-15-20(16(2)3)25(24-19)22(4,5)6/h1,8-11,15-16H,12-14H2,2-6H3,(H,23,26). The van der Waals surface area contributed by atoms with E-state index in [2.05, 4.69) is 51.0 Å². The SMILES string of the molecule is C#CCOc1ccc(CCNC(=O)c2cc(C(C)C)n(C(C)(C)C)n2)cc1. The molecule has 0 fully saturated rings. The van der Waals surface area contributed by atoms with Gasteiger partial charge in [0.2, 0.25) is 0 Å². The number of nitrogens with zero attached hydrogens (tertiary/aromatic N) is 2. The van der Waals surface area contributed by atoms with Crippen LogP contribution in [0.4, 0.5) is 0 Å². The number of nitrogens with one attached hydrogen (secondary N) is 1. The third-order valence-corrected chi connectivity index (χ3v) is 4.14. The molecule has 0 aliphatic rings. The largest absolute Gasteiger partial charge is 0.481 e. The number of hydrogen-bond donors (Lipinski definition) is 1. The summed E-state index contributed by atoms with van der Waals surface area (Å²) in [6.07, 6.45) is 5.91. The lowest BCUT2D eigenvalue weighted by atomic mass is 10.1. The summed E-state index contributed by atoms with van der Waals surface area (Å²) in [6.45, 7) is 11.3. The van der Waals surface area contributed by atoms with Gasteiger partial charge in [-0.15, -0.1) is 6.42 Å². The van der Waals surface area contributed by atoms with Crippen molar-refractivity contribution in [2.75, 3.05) is 13.2 Å². The van der Waals surface area contributed by atoms with E-state index >= 15 is 0 Å². The van der Waals surface area contributed by atoms with Gasteiger partial charge in [0, 0.05) is 12.2 Å². The minimum Gasteiger partial charge on any atom is -0.481 e. The van der Waals surface area contributed by atoms with Crippen molar-refractivity contribution in [3.05, 3.63) is 47.3 Å². The summed E-state index contributed by atoms with van der Waals surface area (Å²) < 4.78 is 7.30. The van der Waals surface area contributed by atoms with Crippen molar-refractivity contribution < 1.29 is 9.53 Å². The molecule has 0 atom stereocenters. The summed E-state index contributed by atoms with van der Waals surface area (Å²) in [6, 6.07) is 9.61. The van der Waals surface area contributed by atoms with Crippen LogP contribution < -0.4 is 10.1 Å². The number of benzene rings is 1. The Bertz CT molecular complexity index is 806. The second kappa shape index (κ2) is 8.77. The van der Waals surface area contributed by atoms with Gasteiger partial charge in [0.1, 0.15) is 18.1 Å². The number of hydrogen-bond acceptors (Lipinski definition) is 3. The van der Waals surface area contributed by atoms with Gasteiger partial charge < -0.3 is 10.1 Å². The predicted octanol–water partition coefficient (Wildman–Crippen LogP) is 3.75. The van der Waals surface area contributed by atoms with Crippen molar-refractivity contribution in [2.24, 2.45) is 0 Å². The van der Waals surface area contributed by atoms with Crippen molar-refractivity contribution in [3.63, 3.8) is 0 Å². The second-order valence-electron chi connectivity index (χ2n) is 7.83. The summed E-state index contributed by atoms with van der Waals surface area (Å²) in [4.78, 5) is 12.5. The van der Waals surface area contributed by atoms with E-state index in [-0.39, 0.29) is 18.1 Å². The molecule has 0 radical (unpaired) electrons. The van der Waals surface area contributed by atoms with Crippen LogP contribution in [0, 0.1) is 12.3 Å². The monoisotopic (exact) mass is 367 g/mol. The zero-order chi connectivity index (χ0) is 20.0. The highest BCUT2D eigenvalue weighted by Gasteiger charge is 2.23. The Hall–Kier alpha value is -2.74. The number of carbonyl (C=O) groups excluding carboxylic acids is 1. The number of rotatable bonds is 7. The van der Waals surface area contributed by atoms with E-state index < -0.39 is 0 Å². The highest BCUT2D eigenvalue weighted by atomic mass is 16.5. The Balaban J connectivity index is 1.95. The number of ether oxygens (including phenoxy) is 1. The van der Waals surface area contributed by atoms with Crippen LogP contribution in [0.3, 0.4) is 0 Å². The van der Waals surface area contributed by atoms with Crippen LogP contribution in [0.15, 0.2) is 30.3 Å². The van der Waals surface area contributed by atoms with Gasteiger partial charge in [-0.1, -0.05) is 31.9 Å². The van der Waals surface area contributed by atoms with E-state index in [0.29, 0.717) is 18.2 Å². The van der Waals surface area contributed by atoms with Gasteiger partial charge in [0.05, 0.1) is 5.54 Å². The van der Waals surface area contributed by atoms with Crippen LogP contribution in [-0.4, -0.2) is 28.8 Å². The first-order valence-electron chi connectivity index (χ1n) is 9.26. The third-order valence-electron chi connectivity index (χ3n) is 4.14. The van der Waals surface area contributed by atoms with Crippen molar-refractivity contribution >= 4 is 5.91 Å². The average molecular weight is 367 g/mol. The van der Waals surface area contributed by atoms with E-state index in [9.17, 15) is 4.79 Å². The van der Waals surface area contributed by atoms with Crippen molar-refractivity contribution in [1.82, 2.24) is 15.1 Å². The van der Waals surface area contributed by atoms with Crippen molar-refractivity contribution in [3.8, 4) is 18.1 Å². The Morgan fingerprint density at radius 3 is 2.48 bits per heavy atom. The first-order valence-corrected chi connectivity index (χ1v) is 9.26. The average Bonchev–Trinajstić information content (AvgIpc) is 3.07. The fourth-order valence-corrected chi connectivity index (χ4v) is 2.74. The zero-order valence-electron chi connectivity index (χ0n) is 16.9. The van der Waals surface area contributed by atoms with Crippen LogP contribution in [0.25, 0.3) is 0 Å². The summed E-state index contributed by atoms with van der Waals surface area (Å²) in [5.41, 5.74) is 2.48. The molecule has 1 aromatic carbocycles. The minimum absolute atomic E-state index is 0.145. The molecule has 5 heteroatoms. The molecule has 27 heavy (non-hydrogen) atoms. The molecule has 2 aromatic rings. The van der Waals surface area contributed by atoms with E-state index in [1.807, 2.05) is 35.0 Å². The maximum Gasteiger partial charge on any atom is 0.271 e. The number of aromatic nitrogens is 2. The molecule has 0 aliphatic carbocycles. The summed E-state index contributed by atoms with van der Waals surface area (Å²) in [5, 5.41) is 7.50. The van der Waals surface area contributed by atoms with Crippen LogP contribution in [0.2, 0.25) is 0 Å². The number of amides is 1. The molecule has 0 bridgehead atoms. The molecule has 1 aromatic heterocycles. The molecule has 0 saturated heterocycles. The van der Waals surface area contributed by atoms with Crippen LogP contribution in [-0.2, 0) is 12.0 Å². The molecule has 0 saturated carbocycles. The molecule has 2 rings (SSSR count). The molecule has 0 aliphatic heterocycles. The second-order valence-corrected chi connectivity index (χ2v) is 7.83. The lowest BCUT2D eigenvalue weighted by Gasteiger charge is -2.23. The molecule has 1 amide bonds. The molecule has 0 spiro atoms. The Morgan fingerprint density at radius 1 is 1.30 bits per heavy atom. The van der Waals surface area contributed by atoms with Gasteiger partial charge >= 0.3 is 0 Å². The van der Waals surface area contributed by atoms with Crippen molar-refractivity contribution in [1.29, 1.82) is 0 Å². The summed E-state index contributed by atoms with van der Waals surface area (Å²) in [7, 11) is 0. The van der Waals surface area contributed by atoms with Crippen LogP contribution in [0.1, 0.15) is 62.3 Å². The number of carbonyl (C=O) groups is 1. The Kier molecular flexibility index (Phi) is 6.68. The van der Waals surface area contributed by atoms with E-state index in [0.717, 1.165) is 23.4 Å². The fourth-order valence-electron chi connectivity index (χ4n) is 2.74. The zero-order valence-corrected chi connectivity index (χ0v) is 16.9.